The van der Waals surface area contributed by atoms with Gasteiger partial charge in [0, 0.05) is 36.7 Å². The second kappa shape index (κ2) is 7.83. The molecule has 1 aliphatic rings. The molecule has 0 aromatic heterocycles. The van der Waals surface area contributed by atoms with Gasteiger partial charge in [0.1, 0.15) is 0 Å². The fourth-order valence-corrected chi connectivity index (χ4v) is 3.24. The van der Waals surface area contributed by atoms with E-state index in [0.717, 1.165) is 34.3 Å². The minimum atomic E-state index is 0.0768. The minimum Gasteiger partial charge on any atom is -0.341 e. The van der Waals surface area contributed by atoms with Gasteiger partial charge >= 0.3 is 0 Å². The Kier molecular flexibility index (Phi) is 5.53. The highest BCUT2D eigenvalue weighted by molar-refractivity contribution is 9.10. The zero-order chi connectivity index (χ0) is 17.8. The molecule has 0 aliphatic carbocycles. The normalized spacial score (nSPS) is 14.0. The quantitative estimate of drug-likeness (QED) is 0.765. The molecule has 0 saturated carbocycles. The van der Waals surface area contributed by atoms with Gasteiger partial charge in [-0.15, -0.1) is 0 Å². The number of carbonyl (C=O) groups excluding carboxylic acids is 2. The molecule has 2 aromatic carbocycles. The van der Waals surface area contributed by atoms with Crippen molar-refractivity contribution in [1.29, 1.82) is 0 Å². The molecular weight excluding hydrogens is 380 g/mol. The van der Waals surface area contributed by atoms with E-state index in [1.54, 1.807) is 4.90 Å². The number of halogens is 1. The van der Waals surface area contributed by atoms with Crippen LogP contribution in [0.2, 0.25) is 0 Å². The third kappa shape index (κ3) is 4.48. The number of nitrogens with zero attached hydrogens (tertiary/aromatic N) is 2. The van der Waals surface area contributed by atoms with Crippen LogP contribution in [0.5, 0.6) is 0 Å². The van der Waals surface area contributed by atoms with Gasteiger partial charge in [0.15, 0.2) is 0 Å². The first kappa shape index (κ1) is 17.7. The summed E-state index contributed by atoms with van der Waals surface area (Å²) < 4.78 is 1.03. The number of amides is 2. The van der Waals surface area contributed by atoms with Crippen molar-refractivity contribution in [3.63, 3.8) is 0 Å². The highest BCUT2D eigenvalue weighted by Gasteiger charge is 2.21. The van der Waals surface area contributed by atoms with E-state index < -0.39 is 0 Å². The zero-order valence-electron chi connectivity index (χ0n) is 14.2. The molecule has 25 heavy (non-hydrogen) atoms. The highest BCUT2D eigenvalue weighted by atomic mass is 79.9. The number of hydrogen-bond acceptors (Lipinski definition) is 2. The van der Waals surface area contributed by atoms with Crippen molar-refractivity contribution in [3.05, 3.63) is 64.1 Å². The summed E-state index contributed by atoms with van der Waals surface area (Å²) in [6.07, 6.45) is 1.91. The van der Waals surface area contributed by atoms with Crippen molar-refractivity contribution >= 4 is 33.4 Å². The third-order valence-electron chi connectivity index (χ3n) is 4.44. The van der Waals surface area contributed by atoms with E-state index in [1.807, 2.05) is 60.5 Å². The van der Waals surface area contributed by atoms with Crippen LogP contribution in [0.25, 0.3) is 0 Å². The molecule has 5 heteroatoms. The molecule has 0 unspecified atom stereocenters. The molecule has 1 aliphatic heterocycles. The molecule has 0 spiro atoms. The van der Waals surface area contributed by atoms with Crippen molar-refractivity contribution in [2.45, 2.75) is 25.8 Å². The Hall–Kier alpha value is -2.14. The van der Waals surface area contributed by atoms with Crippen LogP contribution in [0.1, 0.15) is 24.0 Å². The summed E-state index contributed by atoms with van der Waals surface area (Å²) >= 11 is 3.41. The summed E-state index contributed by atoms with van der Waals surface area (Å²) in [5.41, 5.74) is 2.98. The number of rotatable bonds is 5. The van der Waals surface area contributed by atoms with E-state index in [4.69, 9.17) is 0 Å². The van der Waals surface area contributed by atoms with Crippen molar-refractivity contribution in [1.82, 2.24) is 4.90 Å². The smallest absolute Gasteiger partial charge is 0.227 e. The Morgan fingerprint density at radius 3 is 2.32 bits per heavy atom. The van der Waals surface area contributed by atoms with Gasteiger partial charge in [0.25, 0.3) is 0 Å². The topological polar surface area (TPSA) is 40.6 Å². The van der Waals surface area contributed by atoms with Crippen LogP contribution in [-0.4, -0.2) is 30.3 Å². The fourth-order valence-electron chi connectivity index (χ4n) is 2.98. The molecule has 4 nitrogen and oxygen atoms in total. The summed E-state index contributed by atoms with van der Waals surface area (Å²) in [5, 5.41) is 0. The molecule has 0 bridgehead atoms. The Bertz CT molecular complexity index is 756. The Morgan fingerprint density at radius 2 is 1.72 bits per heavy atom. The lowest BCUT2D eigenvalue weighted by atomic mass is 10.1. The van der Waals surface area contributed by atoms with Crippen LogP contribution in [0.4, 0.5) is 5.69 Å². The van der Waals surface area contributed by atoms with Crippen LogP contribution in [-0.2, 0) is 22.6 Å². The minimum absolute atomic E-state index is 0.0768. The molecule has 0 atom stereocenters. The molecule has 1 heterocycles. The lowest BCUT2D eigenvalue weighted by molar-refractivity contribution is -0.129. The van der Waals surface area contributed by atoms with Crippen molar-refractivity contribution < 1.29 is 9.59 Å². The summed E-state index contributed by atoms with van der Waals surface area (Å²) in [6, 6.07) is 15.7. The van der Waals surface area contributed by atoms with E-state index in [9.17, 15) is 9.59 Å². The van der Waals surface area contributed by atoms with E-state index in [0.29, 0.717) is 19.4 Å². The van der Waals surface area contributed by atoms with E-state index in [1.165, 1.54) is 0 Å². The van der Waals surface area contributed by atoms with Gasteiger partial charge in [-0.2, -0.15) is 0 Å². The predicted molar refractivity (Wildman–Crippen MR) is 102 cm³/mol. The summed E-state index contributed by atoms with van der Waals surface area (Å²) in [7, 11) is 1.82. The zero-order valence-corrected chi connectivity index (χ0v) is 15.8. The van der Waals surface area contributed by atoms with Gasteiger partial charge in [-0.1, -0.05) is 40.2 Å². The number of likely N-dealkylation sites (N-methyl/N-ethyl adjacent to an activating group) is 1. The van der Waals surface area contributed by atoms with E-state index in [-0.39, 0.29) is 11.8 Å². The molecule has 130 valence electrons. The van der Waals surface area contributed by atoms with Crippen LogP contribution in [0, 0.1) is 0 Å². The van der Waals surface area contributed by atoms with Gasteiger partial charge < -0.3 is 9.80 Å². The lowest BCUT2D eigenvalue weighted by Crippen LogP contribution is -2.27. The molecule has 1 saturated heterocycles. The molecule has 0 radical (unpaired) electrons. The Morgan fingerprint density at radius 1 is 1.08 bits per heavy atom. The molecule has 3 rings (SSSR count). The summed E-state index contributed by atoms with van der Waals surface area (Å²) in [6.45, 7) is 1.37. The van der Waals surface area contributed by atoms with Crippen LogP contribution >= 0.6 is 15.9 Å². The second-order valence-electron chi connectivity index (χ2n) is 6.37. The monoisotopic (exact) mass is 400 g/mol. The molecule has 2 aromatic rings. The van der Waals surface area contributed by atoms with Crippen molar-refractivity contribution in [2.75, 3.05) is 18.5 Å². The molecule has 0 N–H and O–H groups in total. The number of anilines is 1. The summed E-state index contributed by atoms with van der Waals surface area (Å²) in [4.78, 5) is 27.8. The second-order valence-corrected chi connectivity index (χ2v) is 7.28. The lowest BCUT2D eigenvalue weighted by Gasteiger charge is -2.18. The maximum Gasteiger partial charge on any atom is 0.227 e. The first-order valence-corrected chi connectivity index (χ1v) is 9.20. The first-order chi connectivity index (χ1) is 12.0. The van der Waals surface area contributed by atoms with E-state index >= 15 is 0 Å². The Labute approximate surface area is 156 Å². The predicted octanol–water partition coefficient (Wildman–Crippen LogP) is 3.78. The molecular formula is C20H21BrN2O2. The van der Waals surface area contributed by atoms with Crippen molar-refractivity contribution in [3.8, 4) is 0 Å². The van der Waals surface area contributed by atoms with Gasteiger partial charge in [-0.05, 0) is 41.8 Å². The number of carbonyl (C=O) groups is 2. The fraction of sp³-hybridized carbons (Fsp3) is 0.300. The molecule has 2 amide bonds. The first-order valence-electron chi connectivity index (χ1n) is 8.40. The maximum atomic E-state index is 12.4. The Balaban J connectivity index is 1.58. The SMILES string of the molecule is CN(Cc1ccc(Br)cc1)C(=O)Cc1ccc(N2CCCC2=O)cc1. The van der Waals surface area contributed by atoms with Crippen LogP contribution < -0.4 is 4.90 Å². The maximum absolute atomic E-state index is 12.4. The highest BCUT2D eigenvalue weighted by Crippen LogP contribution is 2.22. The van der Waals surface area contributed by atoms with Crippen LogP contribution in [0.15, 0.2) is 53.0 Å². The van der Waals surface area contributed by atoms with Gasteiger partial charge in [-0.3, -0.25) is 9.59 Å². The largest absolute Gasteiger partial charge is 0.341 e. The number of benzene rings is 2. The van der Waals surface area contributed by atoms with E-state index in [2.05, 4.69) is 15.9 Å². The van der Waals surface area contributed by atoms with Crippen molar-refractivity contribution in [2.24, 2.45) is 0 Å². The summed E-state index contributed by atoms with van der Waals surface area (Å²) in [5.74, 6) is 0.256. The average Bonchev–Trinajstić information content (AvgIpc) is 3.03. The number of hydrogen-bond donors (Lipinski definition) is 0. The average molecular weight is 401 g/mol. The van der Waals surface area contributed by atoms with Crippen LogP contribution in [0.3, 0.4) is 0 Å². The standard InChI is InChI=1S/C20H21BrN2O2/c1-22(14-16-4-8-17(21)9-5-16)20(25)13-15-6-10-18(11-7-15)23-12-2-3-19(23)24/h4-11H,2-3,12-14H2,1H3. The molecule has 1 fully saturated rings. The van der Waals surface area contributed by atoms with Gasteiger partial charge in [0.2, 0.25) is 11.8 Å². The third-order valence-corrected chi connectivity index (χ3v) is 4.96. The van der Waals surface area contributed by atoms with Gasteiger partial charge in [0.05, 0.1) is 6.42 Å². The van der Waals surface area contributed by atoms with Gasteiger partial charge in [-0.25, -0.2) is 0 Å².